The van der Waals surface area contributed by atoms with E-state index in [1.54, 1.807) is 0 Å². The molecule has 0 aromatic heterocycles. The molecule has 23 heavy (non-hydrogen) atoms. The van der Waals surface area contributed by atoms with E-state index in [9.17, 15) is 0 Å². The van der Waals surface area contributed by atoms with Gasteiger partial charge in [-0.25, -0.2) is 0 Å². The highest BCUT2D eigenvalue weighted by Crippen LogP contribution is 2.11. The number of hydrogen-bond donors (Lipinski definition) is 0. The maximum absolute atomic E-state index is 3.28. The van der Waals surface area contributed by atoms with Crippen LogP contribution in [0.15, 0.2) is 91.0 Å². The monoisotopic (exact) mass is 294 g/mol. The van der Waals surface area contributed by atoms with Gasteiger partial charge in [0.2, 0.25) is 0 Å². The highest BCUT2D eigenvalue weighted by Gasteiger charge is 1.95. The van der Waals surface area contributed by atoms with Gasteiger partial charge in [-0.1, -0.05) is 90.7 Å². The van der Waals surface area contributed by atoms with Gasteiger partial charge >= 0.3 is 0 Å². The zero-order valence-electron chi connectivity index (χ0n) is 12.9. The van der Waals surface area contributed by atoms with Crippen LogP contribution < -0.4 is 0 Å². The van der Waals surface area contributed by atoms with E-state index in [1.165, 1.54) is 5.56 Å². The number of allylic oxidation sites excluding steroid dienone is 1. The van der Waals surface area contributed by atoms with Gasteiger partial charge in [-0.2, -0.15) is 0 Å². The van der Waals surface area contributed by atoms with Gasteiger partial charge in [-0.05, 0) is 35.7 Å². The summed E-state index contributed by atoms with van der Waals surface area (Å²) in [5, 5.41) is 0. The van der Waals surface area contributed by atoms with E-state index in [-0.39, 0.29) is 0 Å². The van der Waals surface area contributed by atoms with Crippen molar-refractivity contribution in [3.63, 3.8) is 0 Å². The normalized spacial score (nSPS) is 10.3. The van der Waals surface area contributed by atoms with E-state index in [0.717, 1.165) is 23.1 Å². The zero-order valence-corrected chi connectivity index (χ0v) is 12.9. The van der Waals surface area contributed by atoms with E-state index in [0.29, 0.717) is 0 Å². The SMILES string of the molecule is C(#Cc1ccccc1/C=C\Cc1ccccc1)c1ccccc1. The molecule has 3 aromatic carbocycles. The van der Waals surface area contributed by atoms with E-state index in [2.05, 4.69) is 66.5 Å². The van der Waals surface area contributed by atoms with Crippen LogP contribution in [-0.2, 0) is 6.42 Å². The molecule has 0 unspecified atom stereocenters. The second-order valence-corrected chi connectivity index (χ2v) is 5.30. The first-order valence-corrected chi connectivity index (χ1v) is 7.78. The molecule has 0 amide bonds. The molecule has 3 aromatic rings. The van der Waals surface area contributed by atoms with E-state index >= 15 is 0 Å². The van der Waals surface area contributed by atoms with Crippen molar-refractivity contribution in [2.75, 3.05) is 0 Å². The van der Waals surface area contributed by atoms with Gasteiger partial charge in [-0.15, -0.1) is 0 Å². The molecule has 0 saturated heterocycles. The molecule has 0 heterocycles. The minimum absolute atomic E-state index is 0.932. The van der Waals surface area contributed by atoms with E-state index in [4.69, 9.17) is 0 Å². The molecule has 0 N–H and O–H groups in total. The maximum Gasteiger partial charge on any atom is 0.0321 e. The Bertz CT molecular complexity index is 831. The third-order valence-electron chi connectivity index (χ3n) is 3.57. The van der Waals surface area contributed by atoms with Crippen molar-refractivity contribution in [3.05, 3.63) is 113 Å². The Labute approximate surface area is 138 Å². The van der Waals surface area contributed by atoms with Gasteiger partial charge in [0.15, 0.2) is 0 Å². The first kappa shape index (κ1) is 14.9. The summed E-state index contributed by atoms with van der Waals surface area (Å²) in [7, 11) is 0. The van der Waals surface area contributed by atoms with Crippen LogP contribution in [0.2, 0.25) is 0 Å². The molecule has 0 aliphatic rings. The summed E-state index contributed by atoms with van der Waals surface area (Å²) in [4.78, 5) is 0. The topological polar surface area (TPSA) is 0 Å². The lowest BCUT2D eigenvalue weighted by Crippen LogP contribution is -1.83. The first-order valence-electron chi connectivity index (χ1n) is 7.78. The lowest BCUT2D eigenvalue weighted by molar-refractivity contribution is 1.28. The fourth-order valence-electron chi connectivity index (χ4n) is 2.35. The van der Waals surface area contributed by atoms with Crippen LogP contribution >= 0.6 is 0 Å². The maximum atomic E-state index is 3.28. The third kappa shape index (κ3) is 4.46. The Balaban J connectivity index is 1.77. The van der Waals surface area contributed by atoms with Gasteiger partial charge in [0, 0.05) is 11.1 Å². The minimum atomic E-state index is 0.932. The van der Waals surface area contributed by atoms with Crippen molar-refractivity contribution in [2.45, 2.75) is 6.42 Å². The van der Waals surface area contributed by atoms with E-state index < -0.39 is 0 Å². The van der Waals surface area contributed by atoms with Crippen molar-refractivity contribution in [3.8, 4) is 11.8 Å². The summed E-state index contributed by atoms with van der Waals surface area (Å²) in [6.45, 7) is 0. The fraction of sp³-hybridized carbons (Fsp3) is 0.0435. The van der Waals surface area contributed by atoms with Crippen LogP contribution in [0, 0.1) is 11.8 Å². The molecule has 0 radical (unpaired) electrons. The Morgan fingerprint density at radius 1 is 0.652 bits per heavy atom. The smallest absolute Gasteiger partial charge is 0.0321 e. The molecule has 0 spiro atoms. The van der Waals surface area contributed by atoms with Crippen LogP contribution in [-0.4, -0.2) is 0 Å². The number of hydrogen-bond acceptors (Lipinski definition) is 0. The largest absolute Gasteiger partial charge is 0.0795 e. The van der Waals surface area contributed by atoms with Crippen molar-refractivity contribution >= 4 is 6.08 Å². The highest BCUT2D eigenvalue weighted by molar-refractivity contribution is 5.60. The average Bonchev–Trinajstić information content (AvgIpc) is 2.63. The molecular weight excluding hydrogens is 276 g/mol. The van der Waals surface area contributed by atoms with Crippen LogP contribution in [0.25, 0.3) is 6.08 Å². The zero-order chi connectivity index (χ0) is 15.7. The molecule has 3 rings (SSSR count). The van der Waals surface area contributed by atoms with E-state index in [1.807, 2.05) is 42.5 Å². The van der Waals surface area contributed by atoms with Crippen molar-refractivity contribution < 1.29 is 0 Å². The van der Waals surface area contributed by atoms with Gasteiger partial charge < -0.3 is 0 Å². The predicted octanol–water partition coefficient (Wildman–Crippen LogP) is 5.34. The second kappa shape index (κ2) is 7.82. The third-order valence-corrected chi connectivity index (χ3v) is 3.57. The Hall–Kier alpha value is -3.04. The van der Waals surface area contributed by atoms with Crippen molar-refractivity contribution in [1.82, 2.24) is 0 Å². The fourth-order valence-corrected chi connectivity index (χ4v) is 2.35. The van der Waals surface area contributed by atoms with Gasteiger partial charge in [-0.3, -0.25) is 0 Å². The molecule has 110 valence electrons. The van der Waals surface area contributed by atoms with Gasteiger partial charge in [0.1, 0.15) is 0 Å². The molecule has 0 atom stereocenters. The van der Waals surface area contributed by atoms with Crippen molar-refractivity contribution in [2.24, 2.45) is 0 Å². The average molecular weight is 294 g/mol. The van der Waals surface area contributed by atoms with Crippen LogP contribution in [0.1, 0.15) is 22.3 Å². The Morgan fingerprint density at radius 2 is 1.30 bits per heavy atom. The van der Waals surface area contributed by atoms with Crippen LogP contribution in [0.5, 0.6) is 0 Å². The van der Waals surface area contributed by atoms with Crippen LogP contribution in [0.3, 0.4) is 0 Å². The molecule has 0 aliphatic heterocycles. The molecule has 0 saturated carbocycles. The van der Waals surface area contributed by atoms with Crippen LogP contribution in [0.4, 0.5) is 0 Å². The lowest BCUT2D eigenvalue weighted by Gasteiger charge is -1.99. The summed E-state index contributed by atoms with van der Waals surface area (Å²) < 4.78 is 0. The molecular formula is C23H18. The quantitative estimate of drug-likeness (QED) is 0.572. The standard InChI is InChI=1S/C23H18/c1-3-10-20(11-4-1)14-9-17-22-15-7-8-16-23(22)19-18-21-12-5-2-6-13-21/h1-13,15-17H,14H2/b17-9-. The molecule has 0 bridgehead atoms. The number of benzene rings is 3. The minimum Gasteiger partial charge on any atom is -0.0795 e. The second-order valence-electron chi connectivity index (χ2n) is 5.30. The molecule has 0 nitrogen and oxygen atoms in total. The summed E-state index contributed by atoms with van der Waals surface area (Å²) in [5.74, 6) is 6.50. The highest BCUT2D eigenvalue weighted by atomic mass is 14.0. The summed E-state index contributed by atoms with van der Waals surface area (Å²) in [6, 6.07) is 28.8. The number of rotatable bonds is 3. The molecule has 0 aliphatic carbocycles. The lowest BCUT2D eigenvalue weighted by atomic mass is 10.1. The summed E-state index contributed by atoms with van der Waals surface area (Å²) in [6.07, 6.45) is 5.28. The molecule has 0 heteroatoms. The Kier molecular flexibility index (Phi) is 5.06. The van der Waals surface area contributed by atoms with Gasteiger partial charge in [0.25, 0.3) is 0 Å². The summed E-state index contributed by atoms with van der Waals surface area (Å²) >= 11 is 0. The summed E-state index contributed by atoms with van der Waals surface area (Å²) in [5.41, 5.74) is 4.57. The van der Waals surface area contributed by atoms with Crippen molar-refractivity contribution in [1.29, 1.82) is 0 Å². The Morgan fingerprint density at radius 3 is 2.09 bits per heavy atom. The predicted molar refractivity (Wildman–Crippen MR) is 98.0 cm³/mol. The van der Waals surface area contributed by atoms with Gasteiger partial charge in [0.05, 0.1) is 0 Å². The molecule has 0 fully saturated rings. The first-order chi connectivity index (χ1) is 11.4.